The van der Waals surface area contributed by atoms with Gasteiger partial charge in [0.25, 0.3) is 6.43 Å². The molecule has 0 atom stereocenters. The summed E-state index contributed by atoms with van der Waals surface area (Å²) in [4.78, 5) is 10.1. The highest BCUT2D eigenvalue weighted by Crippen LogP contribution is 2.28. The molecular weight excluding hydrogens is 324 g/mol. The van der Waals surface area contributed by atoms with Crippen LogP contribution >= 0.6 is 0 Å². The lowest BCUT2D eigenvalue weighted by Gasteiger charge is -2.24. The van der Waals surface area contributed by atoms with Gasteiger partial charge < -0.3 is 9.64 Å². The van der Waals surface area contributed by atoms with E-state index in [4.69, 9.17) is 4.74 Å². The molecule has 0 aliphatic carbocycles. The lowest BCUT2D eigenvalue weighted by molar-refractivity contribution is 0.141. The third kappa shape index (κ3) is 3.68. The highest BCUT2D eigenvalue weighted by Gasteiger charge is 2.18. The molecule has 130 valence electrons. The minimum atomic E-state index is -2.71. The molecule has 0 spiro atoms. The molecule has 1 aromatic heterocycles. The van der Waals surface area contributed by atoms with Crippen molar-refractivity contribution < 1.29 is 13.5 Å². The smallest absolute Gasteiger partial charge is 0.297 e. The Morgan fingerprint density at radius 2 is 1.76 bits per heavy atom. The first-order valence-corrected chi connectivity index (χ1v) is 8.05. The summed E-state index contributed by atoms with van der Waals surface area (Å²) in [6.07, 6.45) is -2.71. The van der Waals surface area contributed by atoms with Gasteiger partial charge in [-0.15, -0.1) is 0 Å². The monoisotopic (exact) mass is 343 g/mol. The Kier molecular flexibility index (Phi) is 5.07. The first-order chi connectivity index (χ1) is 12.1. The molecule has 0 aliphatic heterocycles. The van der Waals surface area contributed by atoms with E-state index in [1.54, 1.807) is 19.2 Å². The van der Waals surface area contributed by atoms with Crippen molar-refractivity contribution in [1.29, 1.82) is 0 Å². The number of aromatic nitrogens is 2. The normalized spacial score (nSPS) is 11.1. The molecule has 0 bridgehead atoms. The molecule has 0 radical (unpaired) electrons. The number of nitrogens with zero attached hydrogens (tertiary/aromatic N) is 3. The summed E-state index contributed by atoms with van der Waals surface area (Å²) in [5, 5.41) is 0.766. The lowest BCUT2D eigenvalue weighted by Crippen LogP contribution is -2.24. The Morgan fingerprint density at radius 1 is 1.04 bits per heavy atom. The summed E-state index contributed by atoms with van der Waals surface area (Å²) in [6, 6.07) is 14.9. The number of halogens is 2. The van der Waals surface area contributed by atoms with Gasteiger partial charge in [-0.2, -0.15) is 0 Å². The van der Waals surface area contributed by atoms with Crippen LogP contribution in [0.4, 0.5) is 14.6 Å². The van der Waals surface area contributed by atoms with Crippen LogP contribution in [0, 0.1) is 0 Å². The van der Waals surface area contributed by atoms with Gasteiger partial charge in [-0.1, -0.05) is 24.3 Å². The van der Waals surface area contributed by atoms with Gasteiger partial charge in [0.15, 0.2) is 5.82 Å². The SMILES string of the molecule is CCN(Cc1ccc(OC)cc1)c1nc(C(F)F)nc2ccccc12. The highest BCUT2D eigenvalue weighted by atomic mass is 19.3. The number of ether oxygens (including phenoxy) is 1. The second-order valence-electron chi connectivity index (χ2n) is 5.59. The molecule has 0 aliphatic rings. The fourth-order valence-electron chi connectivity index (χ4n) is 2.70. The van der Waals surface area contributed by atoms with Crippen molar-refractivity contribution >= 4 is 16.7 Å². The number of fused-ring (bicyclic) bond motifs is 1. The Hall–Kier alpha value is -2.76. The van der Waals surface area contributed by atoms with Crippen LogP contribution in [0.25, 0.3) is 10.9 Å². The maximum Gasteiger partial charge on any atom is 0.297 e. The number of rotatable bonds is 6. The number of hydrogen-bond donors (Lipinski definition) is 0. The third-order valence-corrected chi connectivity index (χ3v) is 4.01. The van der Waals surface area contributed by atoms with Crippen LogP contribution in [0.15, 0.2) is 48.5 Å². The number of alkyl halides is 2. The van der Waals surface area contributed by atoms with E-state index >= 15 is 0 Å². The Bertz CT molecular complexity index is 853. The van der Waals surface area contributed by atoms with E-state index in [1.807, 2.05) is 48.2 Å². The van der Waals surface area contributed by atoms with Gasteiger partial charge in [0.1, 0.15) is 11.6 Å². The summed E-state index contributed by atoms with van der Waals surface area (Å²) in [7, 11) is 1.62. The maximum absolute atomic E-state index is 13.2. The second-order valence-corrected chi connectivity index (χ2v) is 5.59. The van der Waals surface area contributed by atoms with Crippen LogP contribution in [0.3, 0.4) is 0 Å². The van der Waals surface area contributed by atoms with Crippen LogP contribution in [-0.4, -0.2) is 23.6 Å². The zero-order chi connectivity index (χ0) is 17.8. The molecule has 25 heavy (non-hydrogen) atoms. The molecule has 0 N–H and O–H groups in total. The zero-order valence-electron chi connectivity index (χ0n) is 14.1. The van der Waals surface area contributed by atoms with Crippen LogP contribution in [-0.2, 0) is 6.54 Å². The highest BCUT2D eigenvalue weighted by molar-refractivity contribution is 5.89. The largest absolute Gasteiger partial charge is 0.497 e. The van der Waals surface area contributed by atoms with Crippen LogP contribution in [0.5, 0.6) is 5.75 Å². The van der Waals surface area contributed by atoms with E-state index in [1.165, 1.54) is 0 Å². The molecule has 0 saturated heterocycles. The molecule has 3 rings (SSSR count). The average Bonchev–Trinajstić information content (AvgIpc) is 2.65. The summed E-state index contributed by atoms with van der Waals surface area (Å²) in [5.41, 5.74) is 1.57. The van der Waals surface area contributed by atoms with Gasteiger partial charge in [-0.3, -0.25) is 0 Å². The summed E-state index contributed by atoms with van der Waals surface area (Å²) >= 11 is 0. The number of anilines is 1. The minimum Gasteiger partial charge on any atom is -0.497 e. The van der Waals surface area contributed by atoms with Gasteiger partial charge in [0.2, 0.25) is 0 Å². The average molecular weight is 343 g/mol. The molecule has 2 aromatic carbocycles. The molecule has 3 aromatic rings. The predicted octanol–water partition coefficient (Wildman–Crippen LogP) is 4.60. The third-order valence-electron chi connectivity index (χ3n) is 4.01. The van der Waals surface area contributed by atoms with Crippen molar-refractivity contribution in [1.82, 2.24) is 9.97 Å². The van der Waals surface area contributed by atoms with Crippen LogP contribution < -0.4 is 9.64 Å². The van der Waals surface area contributed by atoms with Crippen molar-refractivity contribution in [3.8, 4) is 5.75 Å². The number of benzene rings is 2. The number of methoxy groups -OCH3 is 1. The molecule has 4 nitrogen and oxygen atoms in total. The summed E-state index contributed by atoms with van der Waals surface area (Å²) < 4.78 is 31.6. The van der Waals surface area contributed by atoms with E-state index in [-0.39, 0.29) is 0 Å². The quantitative estimate of drug-likeness (QED) is 0.655. The van der Waals surface area contributed by atoms with Gasteiger partial charge in [0.05, 0.1) is 12.6 Å². The topological polar surface area (TPSA) is 38.2 Å². The number of hydrogen-bond acceptors (Lipinski definition) is 4. The van der Waals surface area contributed by atoms with Gasteiger partial charge >= 0.3 is 0 Å². The molecule has 1 heterocycles. The fraction of sp³-hybridized carbons (Fsp3) is 0.263. The second kappa shape index (κ2) is 7.42. The van der Waals surface area contributed by atoms with Crippen molar-refractivity contribution in [2.24, 2.45) is 0 Å². The fourth-order valence-corrected chi connectivity index (χ4v) is 2.70. The molecular formula is C19H19F2N3O. The summed E-state index contributed by atoms with van der Waals surface area (Å²) in [6.45, 7) is 3.17. The zero-order valence-corrected chi connectivity index (χ0v) is 14.1. The van der Waals surface area contributed by atoms with E-state index in [0.717, 1.165) is 16.7 Å². The first kappa shape index (κ1) is 17.1. The van der Waals surface area contributed by atoms with E-state index in [2.05, 4.69) is 9.97 Å². The summed E-state index contributed by atoms with van der Waals surface area (Å²) in [5.74, 6) is 0.861. The number of para-hydroxylation sites is 1. The van der Waals surface area contributed by atoms with Gasteiger partial charge in [-0.25, -0.2) is 18.7 Å². The van der Waals surface area contributed by atoms with E-state index in [0.29, 0.717) is 24.4 Å². The van der Waals surface area contributed by atoms with E-state index < -0.39 is 12.2 Å². The molecule has 0 unspecified atom stereocenters. The molecule has 0 amide bonds. The maximum atomic E-state index is 13.2. The van der Waals surface area contributed by atoms with Crippen molar-refractivity contribution in [3.63, 3.8) is 0 Å². The van der Waals surface area contributed by atoms with Crippen LogP contribution in [0.2, 0.25) is 0 Å². The van der Waals surface area contributed by atoms with Crippen LogP contribution in [0.1, 0.15) is 24.7 Å². The lowest BCUT2D eigenvalue weighted by atomic mass is 10.1. The van der Waals surface area contributed by atoms with Crippen molar-refractivity contribution in [2.45, 2.75) is 19.9 Å². The Balaban J connectivity index is 2.01. The Labute approximate surface area is 145 Å². The molecule has 0 fully saturated rings. The van der Waals surface area contributed by atoms with Gasteiger partial charge in [0, 0.05) is 18.5 Å². The first-order valence-electron chi connectivity index (χ1n) is 8.05. The van der Waals surface area contributed by atoms with Crippen molar-refractivity contribution in [2.75, 3.05) is 18.6 Å². The van der Waals surface area contributed by atoms with Gasteiger partial charge in [-0.05, 0) is 36.8 Å². The Morgan fingerprint density at radius 3 is 2.40 bits per heavy atom. The minimum absolute atomic E-state index is 0.443. The molecule has 0 saturated carbocycles. The van der Waals surface area contributed by atoms with E-state index in [9.17, 15) is 8.78 Å². The standard InChI is InChI=1S/C19H19F2N3O/c1-3-24(12-13-8-10-14(25-2)11-9-13)19-15-6-4-5-7-16(15)22-18(23-19)17(20)21/h4-11,17H,3,12H2,1-2H3. The molecule has 6 heteroatoms. The van der Waals surface area contributed by atoms with Crippen molar-refractivity contribution in [3.05, 3.63) is 59.9 Å². The predicted molar refractivity (Wildman–Crippen MR) is 94.2 cm³/mol.